The Bertz CT molecular complexity index is 583. The molecule has 1 aliphatic heterocycles. The van der Waals surface area contributed by atoms with Crippen molar-refractivity contribution < 1.29 is 13.5 Å². The Kier molecular flexibility index (Phi) is 4.42. The summed E-state index contributed by atoms with van der Waals surface area (Å²) in [4.78, 5) is 0.231. The Balaban J connectivity index is 2.21. The molecule has 1 fully saturated rings. The molecule has 1 heterocycles. The fourth-order valence-electron chi connectivity index (χ4n) is 2.23. The van der Waals surface area contributed by atoms with E-state index < -0.39 is 15.6 Å². The monoisotopic (exact) mass is 411 g/mol. The van der Waals surface area contributed by atoms with E-state index in [1.807, 2.05) is 6.92 Å². The normalized spacial score (nSPS) is 19.2. The topological polar surface area (TPSA) is 57.6 Å². The van der Waals surface area contributed by atoms with Gasteiger partial charge in [0, 0.05) is 22.0 Å². The second kappa shape index (κ2) is 5.44. The average Bonchev–Trinajstić information content (AvgIpc) is 2.25. The molecule has 19 heavy (non-hydrogen) atoms. The minimum absolute atomic E-state index is 0.172. The molecule has 106 valence electrons. The molecule has 1 N–H and O–H groups in total. The molecular weight excluding hydrogens is 398 g/mol. The maximum absolute atomic E-state index is 12.4. The fourth-order valence-corrected chi connectivity index (χ4v) is 5.53. The van der Waals surface area contributed by atoms with E-state index in [4.69, 9.17) is 0 Å². The molecular formula is C12H15Br2NO3S. The van der Waals surface area contributed by atoms with Crippen LogP contribution in [0.15, 0.2) is 32.0 Å². The molecule has 0 atom stereocenters. The molecule has 1 aliphatic rings. The van der Waals surface area contributed by atoms with Crippen LogP contribution in [0.2, 0.25) is 0 Å². The zero-order chi connectivity index (χ0) is 14.3. The van der Waals surface area contributed by atoms with Crippen molar-refractivity contribution in [3.63, 3.8) is 0 Å². The van der Waals surface area contributed by atoms with Crippen molar-refractivity contribution in [1.29, 1.82) is 0 Å². The van der Waals surface area contributed by atoms with Gasteiger partial charge in [0.2, 0.25) is 10.0 Å². The van der Waals surface area contributed by atoms with E-state index in [1.165, 1.54) is 4.31 Å². The van der Waals surface area contributed by atoms with Gasteiger partial charge in [0.15, 0.2) is 0 Å². The number of β-amino-alcohol motifs (C(OH)–C–C–N with tert-alkyl or cyclic N) is 1. The molecule has 0 radical (unpaired) electrons. The van der Waals surface area contributed by atoms with Crippen LogP contribution >= 0.6 is 31.9 Å². The van der Waals surface area contributed by atoms with Crippen molar-refractivity contribution in [2.45, 2.75) is 30.3 Å². The van der Waals surface area contributed by atoms with Crippen LogP contribution in [0.5, 0.6) is 0 Å². The number of benzene rings is 1. The first-order chi connectivity index (χ1) is 8.78. The zero-order valence-corrected chi connectivity index (χ0v) is 14.4. The maximum atomic E-state index is 12.4. The SMILES string of the molecule is CCCC1(O)CN(S(=O)(=O)c2ccc(Br)cc2Br)C1. The fraction of sp³-hybridized carbons (Fsp3) is 0.500. The predicted octanol–water partition coefficient (Wildman–Crippen LogP) is 2.75. The van der Waals surface area contributed by atoms with Crippen molar-refractivity contribution in [3.8, 4) is 0 Å². The lowest BCUT2D eigenvalue weighted by Crippen LogP contribution is -2.63. The molecule has 0 aliphatic carbocycles. The van der Waals surface area contributed by atoms with Crippen LogP contribution in [0.3, 0.4) is 0 Å². The average molecular weight is 413 g/mol. The van der Waals surface area contributed by atoms with Crippen molar-refractivity contribution in [1.82, 2.24) is 4.31 Å². The van der Waals surface area contributed by atoms with Gasteiger partial charge in [0.05, 0.1) is 10.5 Å². The Hall–Kier alpha value is 0.0500. The summed E-state index contributed by atoms with van der Waals surface area (Å²) in [5.41, 5.74) is -0.857. The van der Waals surface area contributed by atoms with Crippen LogP contribution < -0.4 is 0 Å². The Morgan fingerprint density at radius 3 is 2.53 bits per heavy atom. The summed E-state index contributed by atoms with van der Waals surface area (Å²) in [7, 11) is -3.53. The van der Waals surface area contributed by atoms with Crippen LogP contribution in [0, 0.1) is 0 Å². The molecule has 0 bridgehead atoms. The minimum Gasteiger partial charge on any atom is -0.387 e. The molecule has 0 unspecified atom stereocenters. The van der Waals surface area contributed by atoms with Crippen molar-refractivity contribution in [2.24, 2.45) is 0 Å². The van der Waals surface area contributed by atoms with Gasteiger partial charge in [0.25, 0.3) is 0 Å². The highest BCUT2D eigenvalue weighted by Crippen LogP contribution is 2.34. The highest BCUT2D eigenvalue weighted by atomic mass is 79.9. The van der Waals surface area contributed by atoms with E-state index in [9.17, 15) is 13.5 Å². The minimum atomic E-state index is -3.53. The van der Waals surface area contributed by atoms with Gasteiger partial charge >= 0.3 is 0 Å². The molecule has 4 nitrogen and oxygen atoms in total. The first-order valence-electron chi connectivity index (χ1n) is 5.96. The van der Waals surface area contributed by atoms with Gasteiger partial charge in [-0.3, -0.25) is 0 Å². The quantitative estimate of drug-likeness (QED) is 0.827. The Morgan fingerprint density at radius 2 is 2.00 bits per heavy atom. The lowest BCUT2D eigenvalue weighted by molar-refractivity contribution is -0.0653. The Morgan fingerprint density at radius 1 is 1.37 bits per heavy atom. The number of rotatable bonds is 4. The molecule has 1 aromatic rings. The van der Waals surface area contributed by atoms with E-state index in [0.29, 0.717) is 10.9 Å². The standard InChI is InChI=1S/C12H15Br2NO3S/c1-2-5-12(16)7-15(8-12)19(17,18)11-4-3-9(13)6-10(11)14/h3-4,6,16H,2,5,7-8H2,1H3. The molecule has 0 spiro atoms. The second-order valence-corrected chi connectivity index (χ2v) is 8.50. The van der Waals surface area contributed by atoms with Crippen LogP contribution in [0.1, 0.15) is 19.8 Å². The number of hydrogen-bond acceptors (Lipinski definition) is 3. The molecule has 2 rings (SSSR count). The molecule has 1 aromatic carbocycles. The van der Waals surface area contributed by atoms with Crippen LogP contribution in [-0.2, 0) is 10.0 Å². The van der Waals surface area contributed by atoms with Gasteiger partial charge in [0.1, 0.15) is 0 Å². The van der Waals surface area contributed by atoms with Crippen molar-refractivity contribution in [3.05, 3.63) is 27.1 Å². The smallest absolute Gasteiger partial charge is 0.244 e. The molecule has 0 aromatic heterocycles. The van der Waals surface area contributed by atoms with Gasteiger partial charge < -0.3 is 5.11 Å². The number of nitrogens with zero attached hydrogens (tertiary/aromatic N) is 1. The van der Waals surface area contributed by atoms with E-state index in [2.05, 4.69) is 31.9 Å². The number of aliphatic hydroxyl groups is 1. The van der Waals surface area contributed by atoms with E-state index in [1.54, 1.807) is 18.2 Å². The zero-order valence-electron chi connectivity index (χ0n) is 10.4. The van der Waals surface area contributed by atoms with Gasteiger partial charge in [-0.15, -0.1) is 0 Å². The summed E-state index contributed by atoms with van der Waals surface area (Å²) in [6, 6.07) is 4.95. The third-order valence-corrected chi connectivity index (χ3v) is 6.43. The van der Waals surface area contributed by atoms with Crippen molar-refractivity contribution >= 4 is 41.9 Å². The number of halogens is 2. The lowest BCUT2D eigenvalue weighted by atomic mass is 9.92. The van der Waals surface area contributed by atoms with E-state index >= 15 is 0 Å². The third kappa shape index (κ3) is 3.05. The van der Waals surface area contributed by atoms with E-state index in [0.717, 1.165) is 10.9 Å². The Labute approximate surface area is 130 Å². The first kappa shape index (κ1) is 15.4. The summed E-state index contributed by atoms with van der Waals surface area (Å²) in [6.45, 7) is 2.32. The molecule has 1 saturated heterocycles. The molecule has 7 heteroatoms. The van der Waals surface area contributed by atoms with Crippen molar-refractivity contribution in [2.75, 3.05) is 13.1 Å². The predicted molar refractivity (Wildman–Crippen MR) is 80.5 cm³/mol. The summed E-state index contributed by atoms with van der Waals surface area (Å²) in [5.74, 6) is 0. The molecule has 0 saturated carbocycles. The summed E-state index contributed by atoms with van der Waals surface area (Å²) >= 11 is 6.56. The van der Waals surface area contributed by atoms with Crippen LogP contribution in [0.4, 0.5) is 0 Å². The van der Waals surface area contributed by atoms with Gasteiger partial charge in [-0.05, 0) is 40.5 Å². The summed E-state index contributed by atoms with van der Waals surface area (Å²) in [5, 5.41) is 10.1. The maximum Gasteiger partial charge on any atom is 0.244 e. The number of sulfonamides is 1. The molecule has 0 amide bonds. The van der Waals surface area contributed by atoms with Gasteiger partial charge in [-0.2, -0.15) is 4.31 Å². The highest BCUT2D eigenvalue weighted by molar-refractivity contribution is 9.11. The first-order valence-corrected chi connectivity index (χ1v) is 8.99. The third-order valence-electron chi connectivity index (χ3n) is 3.17. The van der Waals surface area contributed by atoms with Crippen LogP contribution in [-0.4, -0.2) is 36.5 Å². The van der Waals surface area contributed by atoms with Gasteiger partial charge in [-0.25, -0.2) is 8.42 Å². The summed E-state index contributed by atoms with van der Waals surface area (Å²) in [6.07, 6.45) is 1.47. The second-order valence-electron chi connectivity index (χ2n) is 4.82. The largest absolute Gasteiger partial charge is 0.387 e. The summed E-state index contributed by atoms with van der Waals surface area (Å²) < 4.78 is 27.5. The van der Waals surface area contributed by atoms with Gasteiger partial charge in [-0.1, -0.05) is 29.3 Å². The lowest BCUT2D eigenvalue weighted by Gasteiger charge is -2.45. The number of hydrogen-bond donors (Lipinski definition) is 1. The van der Waals surface area contributed by atoms with E-state index in [-0.39, 0.29) is 18.0 Å². The van der Waals surface area contributed by atoms with Crippen LogP contribution in [0.25, 0.3) is 0 Å². The highest BCUT2D eigenvalue weighted by Gasteiger charge is 2.46.